The summed E-state index contributed by atoms with van der Waals surface area (Å²) in [5.41, 5.74) is 1.16. The molecule has 1 aromatic carbocycles. The molecule has 9 heteroatoms. The van der Waals surface area contributed by atoms with Crippen LogP contribution in [0, 0.1) is 13.8 Å². The molecule has 3 amide bonds. The summed E-state index contributed by atoms with van der Waals surface area (Å²) in [6, 6.07) is 4.78. The van der Waals surface area contributed by atoms with Crippen LogP contribution >= 0.6 is 11.3 Å². The zero-order valence-electron chi connectivity index (χ0n) is 15.6. The fraction of sp³-hybridized carbons (Fsp3) is 0.278. The highest BCUT2D eigenvalue weighted by molar-refractivity contribution is 7.16. The van der Waals surface area contributed by atoms with Gasteiger partial charge in [0.2, 0.25) is 0 Å². The summed E-state index contributed by atoms with van der Waals surface area (Å²) in [5, 5.41) is 5.15. The van der Waals surface area contributed by atoms with Gasteiger partial charge in [-0.05, 0) is 31.5 Å². The van der Waals surface area contributed by atoms with E-state index in [9.17, 15) is 14.4 Å². The van der Waals surface area contributed by atoms with Crippen LogP contribution in [0.2, 0.25) is 0 Å². The molecule has 0 aliphatic carbocycles. The van der Waals surface area contributed by atoms with Crippen molar-refractivity contribution in [2.24, 2.45) is 0 Å². The minimum absolute atomic E-state index is 0.212. The summed E-state index contributed by atoms with van der Waals surface area (Å²) in [5.74, 6) is -0.231. The summed E-state index contributed by atoms with van der Waals surface area (Å²) in [4.78, 5) is 37.3. The van der Waals surface area contributed by atoms with Crippen molar-refractivity contribution in [3.63, 3.8) is 0 Å². The lowest BCUT2D eigenvalue weighted by molar-refractivity contribution is 0.0937. The minimum Gasteiger partial charge on any atom is -0.497 e. The standard InChI is InChI=1S/C18H20N2O6S/c1-9-10(2)27-17(14(9)16(22)20-18(23)26-5)19-15(21)12-7-6-11(24-3)8-13(12)25-4/h6-8H,1-5H3,(H,19,21)(H,20,22,23). The Labute approximate surface area is 160 Å². The van der Waals surface area contributed by atoms with Gasteiger partial charge in [-0.1, -0.05) is 0 Å². The third-order valence-corrected chi connectivity index (χ3v) is 5.02. The van der Waals surface area contributed by atoms with Crippen LogP contribution in [-0.4, -0.2) is 39.2 Å². The molecule has 1 aromatic heterocycles. The molecular formula is C18H20N2O6S. The largest absolute Gasteiger partial charge is 0.497 e. The van der Waals surface area contributed by atoms with Gasteiger partial charge >= 0.3 is 6.09 Å². The van der Waals surface area contributed by atoms with Gasteiger partial charge in [0.15, 0.2) is 0 Å². The Bertz CT molecular complexity index is 890. The molecule has 8 nitrogen and oxygen atoms in total. The number of anilines is 1. The van der Waals surface area contributed by atoms with Gasteiger partial charge in [0.05, 0.1) is 32.5 Å². The number of alkyl carbamates (subject to hydrolysis) is 1. The molecule has 0 saturated carbocycles. The molecule has 2 N–H and O–H groups in total. The molecule has 0 radical (unpaired) electrons. The van der Waals surface area contributed by atoms with Gasteiger partial charge in [0.1, 0.15) is 16.5 Å². The van der Waals surface area contributed by atoms with E-state index in [-0.39, 0.29) is 11.1 Å². The number of aryl methyl sites for hydroxylation is 1. The van der Waals surface area contributed by atoms with Crippen molar-refractivity contribution in [2.45, 2.75) is 13.8 Å². The van der Waals surface area contributed by atoms with E-state index in [0.717, 1.165) is 12.0 Å². The van der Waals surface area contributed by atoms with Crippen molar-refractivity contribution >= 4 is 34.2 Å². The molecular weight excluding hydrogens is 372 g/mol. The van der Waals surface area contributed by atoms with E-state index in [2.05, 4.69) is 15.4 Å². The van der Waals surface area contributed by atoms with Crippen LogP contribution in [0.5, 0.6) is 11.5 Å². The SMILES string of the molecule is COC(=O)NC(=O)c1c(NC(=O)c2ccc(OC)cc2OC)sc(C)c1C. The Morgan fingerprint density at radius 2 is 1.70 bits per heavy atom. The van der Waals surface area contributed by atoms with Crippen molar-refractivity contribution in [2.75, 3.05) is 26.6 Å². The second-order valence-electron chi connectivity index (χ2n) is 5.45. The second kappa shape index (κ2) is 8.54. The molecule has 0 aliphatic heterocycles. The zero-order valence-corrected chi connectivity index (χ0v) is 16.4. The average Bonchev–Trinajstić information content (AvgIpc) is 2.94. The number of carbonyl (C=O) groups is 3. The monoisotopic (exact) mass is 392 g/mol. The number of hydrogen-bond acceptors (Lipinski definition) is 7. The quantitative estimate of drug-likeness (QED) is 0.810. The maximum Gasteiger partial charge on any atom is 0.413 e. The van der Waals surface area contributed by atoms with Gasteiger partial charge < -0.3 is 19.5 Å². The summed E-state index contributed by atoms with van der Waals surface area (Å²) in [7, 11) is 4.12. The predicted molar refractivity (Wildman–Crippen MR) is 101 cm³/mol. The molecule has 2 rings (SSSR count). The molecule has 0 aliphatic rings. The van der Waals surface area contributed by atoms with Crippen LogP contribution < -0.4 is 20.1 Å². The van der Waals surface area contributed by atoms with E-state index in [4.69, 9.17) is 9.47 Å². The van der Waals surface area contributed by atoms with Crippen LogP contribution in [0.3, 0.4) is 0 Å². The molecule has 0 saturated heterocycles. The molecule has 1 heterocycles. The third kappa shape index (κ3) is 4.37. The highest BCUT2D eigenvalue weighted by Crippen LogP contribution is 2.33. The first-order valence-electron chi connectivity index (χ1n) is 7.85. The topological polar surface area (TPSA) is 103 Å². The summed E-state index contributed by atoms with van der Waals surface area (Å²) in [6.45, 7) is 3.56. The maximum absolute atomic E-state index is 12.7. The fourth-order valence-electron chi connectivity index (χ4n) is 2.35. The lowest BCUT2D eigenvalue weighted by Crippen LogP contribution is -2.31. The Kier molecular flexibility index (Phi) is 6.40. The average molecular weight is 392 g/mol. The number of amides is 3. The molecule has 0 bridgehead atoms. The molecule has 0 fully saturated rings. The van der Waals surface area contributed by atoms with Crippen molar-refractivity contribution < 1.29 is 28.6 Å². The molecule has 0 spiro atoms. The second-order valence-corrected chi connectivity index (χ2v) is 6.68. The fourth-order valence-corrected chi connectivity index (χ4v) is 3.40. The van der Waals surface area contributed by atoms with Gasteiger partial charge in [0, 0.05) is 10.9 Å². The number of rotatable bonds is 5. The summed E-state index contributed by atoms with van der Waals surface area (Å²) >= 11 is 1.24. The van der Waals surface area contributed by atoms with E-state index in [1.807, 2.05) is 6.92 Å². The number of methoxy groups -OCH3 is 3. The normalized spacial score (nSPS) is 10.1. The lowest BCUT2D eigenvalue weighted by Gasteiger charge is -2.11. The first kappa shape index (κ1) is 20.2. The van der Waals surface area contributed by atoms with Gasteiger partial charge in [-0.2, -0.15) is 0 Å². The van der Waals surface area contributed by atoms with Crippen LogP contribution in [0.4, 0.5) is 9.80 Å². The lowest BCUT2D eigenvalue weighted by atomic mass is 10.1. The molecule has 0 unspecified atom stereocenters. The summed E-state index contributed by atoms with van der Waals surface area (Å²) < 4.78 is 14.8. The Morgan fingerprint density at radius 3 is 2.30 bits per heavy atom. The smallest absolute Gasteiger partial charge is 0.413 e. The number of hydrogen-bond donors (Lipinski definition) is 2. The first-order chi connectivity index (χ1) is 12.8. The number of thiophene rings is 1. The van der Waals surface area contributed by atoms with Gasteiger partial charge in [0.25, 0.3) is 11.8 Å². The number of imide groups is 1. The highest BCUT2D eigenvalue weighted by Gasteiger charge is 2.24. The summed E-state index contributed by atoms with van der Waals surface area (Å²) in [6.07, 6.45) is -0.877. The van der Waals surface area contributed by atoms with E-state index in [1.165, 1.54) is 25.6 Å². The van der Waals surface area contributed by atoms with Crippen molar-refractivity contribution in [1.82, 2.24) is 5.32 Å². The van der Waals surface area contributed by atoms with E-state index in [1.54, 1.807) is 25.1 Å². The van der Waals surface area contributed by atoms with Crippen LogP contribution in [-0.2, 0) is 4.74 Å². The third-order valence-electron chi connectivity index (χ3n) is 3.89. The minimum atomic E-state index is -0.877. The van der Waals surface area contributed by atoms with Crippen LogP contribution in [0.25, 0.3) is 0 Å². The van der Waals surface area contributed by atoms with E-state index in [0.29, 0.717) is 22.1 Å². The van der Waals surface area contributed by atoms with Crippen molar-refractivity contribution in [1.29, 1.82) is 0 Å². The van der Waals surface area contributed by atoms with E-state index >= 15 is 0 Å². The maximum atomic E-state index is 12.7. The van der Waals surface area contributed by atoms with Crippen molar-refractivity contribution in [3.05, 3.63) is 39.8 Å². The van der Waals surface area contributed by atoms with Crippen molar-refractivity contribution in [3.8, 4) is 11.5 Å². The highest BCUT2D eigenvalue weighted by atomic mass is 32.1. The number of ether oxygens (including phenoxy) is 3. The number of carbonyl (C=O) groups excluding carboxylic acids is 3. The van der Waals surface area contributed by atoms with Gasteiger partial charge in [-0.15, -0.1) is 11.3 Å². The van der Waals surface area contributed by atoms with Crippen LogP contribution in [0.1, 0.15) is 31.2 Å². The Balaban J connectivity index is 2.35. The van der Waals surface area contributed by atoms with Crippen LogP contribution in [0.15, 0.2) is 18.2 Å². The predicted octanol–water partition coefficient (Wildman–Crippen LogP) is 3.13. The molecule has 2 aromatic rings. The van der Waals surface area contributed by atoms with Gasteiger partial charge in [-0.3, -0.25) is 14.9 Å². The molecule has 0 atom stereocenters. The van der Waals surface area contributed by atoms with Gasteiger partial charge in [-0.25, -0.2) is 4.79 Å². The number of benzene rings is 1. The van der Waals surface area contributed by atoms with E-state index < -0.39 is 17.9 Å². The molecule has 144 valence electrons. The first-order valence-corrected chi connectivity index (χ1v) is 8.66. The number of nitrogens with one attached hydrogen (secondary N) is 2. The Hall–Kier alpha value is -3.07. The molecule has 27 heavy (non-hydrogen) atoms. The Morgan fingerprint density at radius 1 is 1.00 bits per heavy atom. The zero-order chi connectivity index (χ0) is 20.1.